The lowest BCUT2D eigenvalue weighted by Gasteiger charge is -2.17. The molecule has 4 heteroatoms. The van der Waals surface area contributed by atoms with Crippen molar-refractivity contribution in [1.29, 1.82) is 0 Å². The lowest BCUT2D eigenvalue weighted by Crippen LogP contribution is -2.26. The fourth-order valence-electron chi connectivity index (χ4n) is 1.20. The molecule has 1 aromatic carbocycles. The van der Waals surface area contributed by atoms with Crippen molar-refractivity contribution in [3.8, 4) is 0 Å². The predicted octanol–water partition coefficient (Wildman–Crippen LogP) is 4.06. The van der Waals surface area contributed by atoms with Gasteiger partial charge in [-0.1, -0.05) is 53.5 Å². The van der Waals surface area contributed by atoms with Crippen molar-refractivity contribution in [2.45, 2.75) is 17.2 Å². The normalized spacial score (nSPS) is 11.4. The van der Waals surface area contributed by atoms with Gasteiger partial charge in [0.2, 0.25) is 0 Å². The zero-order valence-electron chi connectivity index (χ0n) is 8.05. The Bertz CT molecular complexity index is 322. The summed E-state index contributed by atoms with van der Waals surface area (Å²) in [6, 6.07) is 8.78. The Hall–Kier alpha value is -0.240. The van der Waals surface area contributed by atoms with Crippen LogP contribution in [0.15, 0.2) is 30.3 Å². The van der Waals surface area contributed by atoms with Gasteiger partial charge in [-0.3, -0.25) is 4.79 Å². The molecule has 0 heterocycles. The molecular weight excluding hydrogens is 254 g/mol. The fourth-order valence-corrected chi connectivity index (χ4v) is 1.82. The summed E-state index contributed by atoms with van der Waals surface area (Å²) < 4.78 is -1.36. The molecule has 15 heavy (non-hydrogen) atoms. The third-order valence-corrected chi connectivity index (χ3v) is 2.98. The largest absolute Gasteiger partial charge is 0.291 e. The topological polar surface area (TPSA) is 17.1 Å². The minimum Gasteiger partial charge on any atom is -0.291 e. The molecule has 0 aliphatic rings. The van der Waals surface area contributed by atoms with E-state index in [2.05, 4.69) is 0 Å². The molecule has 0 aliphatic heterocycles. The van der Waals surface area contributed by atoms with Gasteiger partial charge in [0, 0.05) is 11.4 Å². The number of carbonyl (C=O) groups is 1. The highest BCUT2D eigenvalue weighted by molar-refractivity contribution is 6.59. The number of carbonyl (C=O) groups excluding carboxylic acids is 1. The number of benzene rings is 1. The number of hydrogen-bond donors (Lipinski definition) is 0. The molecule has 0 saturated carbocycles. The van der Waals surface area contributed by atoms with Crippen LogP contribution in [0.25, 0.3) is 0 Å². The fraction of sp³-hybridized carbons (Fsp3) is 0.364. The first-order valence-corrected chi connectivity index (χ1v) is 5.90. The van der Waals surface area contributed by atoms with Crippen LogP contribution in [0.4, 0.5) is 0 Å². The quantitative estimate of drug-likeness (QED) is 0.579. The van der Waals surface area contributed by atoms with E-state index in [9.17, 15) is 4.79 Å². The minimum atomic E-state index is -1.36. The highest BCUT2D eigenvalue weighted by atomic mass is 35.5. The third kappa shape index (κ3) is 3.67. The maximum absolute atomic E-state index is 11.9. The summed E-state index contributed by atoms with van der Waals surface area (Å²) in [4.78, 5) is 11.9. The summed E-state index contributed by atoms with van der Waals surface area (Å²) in [5, 5.41) is 0. The second-order valence-electron chi connectivity index (χ2n) is 3.19. The van der Waals surface area contributed by atoms with Gasteiger partial charge in [0.1, 0.15) is 0 Å². The highest BCUT2D eigenvalue weighted by Gasteiger charge is 2.33. The molecule has 0 aromatic heterocycles. The zero-order chi connectivity index (χ0) is 11.3. The lowest BCUT2D eigenvalue weighted by molar-refractivity contribution is 0.0969. The summed E-state index contributed by atoms with van der Waals surface area (Å²) in [5.41, 5.74) is 0.525. The van der Waals surface area contributed by atoms with Crippen molar-refractivity contribution >= 4 is 40.6 Å². The molecule has 0 spiro atoms. The Kier molecular flexibility index (Phi) is 4.91. The van der Waals surface area contributed by atoms with Crippen LogP contribution >= 0.6 is 34.8 Å². The number of alkyl halides is 3. The van der Waals surface area contributed by atoms with E-state index in [4.69, 9.17) is 34.8 Å². The summed E-state index contributed by atoms with van der Waals surface area (Å²) in [5.74, 6) is 0.181. The van der Waals surface area contributed by atoms with Gasteiger partial charge in [-0.05, 0) is 12.8 Å². The molecule has 1 aromatic rings. The van der Waals surface area contributed by atoms with E-state index in [1.807, 2.05) is 6.07 Å². The average molecular weight is 266 g/mol. The van der Waals surface area contributed by atoms with Crippen LogP contribution in [0.5, 0.6) is 0 Å². The molecular formula is C11H11Cl3O. The van der Waals surface area contributed by atoms with Crippen molar-refractivity contribution < 1.29 is 4.79 Å². The van der Waals surface area contributed by atoms with Gasteiger partial charge in [-0.15, -0.1) is 11.6 Å². The van der Waals surface area contributed by atoms with E-state index in [0.717, 1.165) is 0 Å². The van der Waals surface area contributed by atoms with E-state index < -0.39 is 4.33 Å². The highest BCUT2D eigenvalue weighted by Crippen LogP contribution is 2.31. The van der Waals surface area contributed by atoms with Gasteiger partial charge < -0.3 is 0 Å². The molecule has 0 amide bonds. The molecule has 0 aliphatic carbocycles. The Labute approximate surface area is 104 Å². The molecule has 0 bridgehead atoms. The number of rotatable bonds is 5. The molecule has 0 fully saturated rings. The Balaban J connectivity index is 2.75. The third-order valence-electron chi connectivity index (χ3n) is 1.99. The molecule has 1 nitrogen and oxygen atoms in total. The second kappa shape index (κ2) is 5.74. The molecule has 0 N–H and O–H groups in total. The van der Waals surface area contributed by atoms with E-state index in [-0.39, 0.29) is 5.78 Å². The smallest absolute Gasteiger partial charge is 0.198 e. The summed E-state index contributed by atoms with van der Waals surface area (Å²) in [6.45, 7) is 0. The maximum atomic E-state index is 11.9. The number of hydrogen-bond acceptors (Lipinski definition) is 1. The molecule has 1 rings (SSSR count). The van der Waals surface area contributed by atoms with E-state index in [1.54, 1.807) is 24.3 Å². The van der Waals surface area contributed by atoms with Gasteiger partial charge in [0.25, 0.3) is 0 Å². The summed E-state index contributed by atoms with van der Waals surface area (Å²) in [6.07, 6.45) is 0.987. The monoisotopic (exact) mass is 264 g/mol. The van der Waals surface area contributed by atoms with Crippen LogP contribution in [-0.4, -0.2) is 16.0 Å². The number of ketones is 1. The van der Waals surface area contributed by atoms with Gasteiger partial charge in [-0.25, -0.2) is 0 Å². The van der Waals surface area contributed by atoms with Crippen molar-refractivity contribution in [2.75, 3.05) is 5.88 Å². The van der Waals surface area contributed by atoms with Crippen LogP contribution in [0.1, 0.15) is 23.2 Å². The Morgan fingerprint density at radius 1 is 1.20 bits per heavy atom. The van der Waals surface area contributed by atoms with Crippen LogP contribution in [0.2, 0.25) is 0 Å². The summed E-state index contributed by atoms with van der Waals surface area (Å²) >= 11 is 17.4. The van der Waals surface area contributed by atoms with Gasteiger partial charge >= 0.3 is 0 Å². The lowest BCUT2D eigenvalue weighted by atomic mass is 10.1. The standard InChI is InChI=1S/C11H11Cl3O/c12-8-4-7-11(13,14)10(15)9-5-2-1-3-6-9/h1-3,5-6H,4,7-8H2. The van der Waals surface area contributed by atoms with Gasteiger partial charge in [-0.2, -0.15) is 0 Å². The van der Waals surface area contributed by atoms with Crippen molar-refractivity contribution in [3.63, 3.8) is 0 Å². The van der Waals surface area contributed by atoms with Crippen molar-refractivity contribution in [2.24, 2.45) is 0 Å². The molecule has 0 unspecified atom stereocenters. The SMILES string of the molecule is O=C(c1ccccc1)C(Cl)(Cl)CCCCl. The second-order valence-corrected chi connectivity index (χ2v) is 5.05. The molecule has 0 saturated heterocycles. The van der Waals surface area contributed by atoms with Crippen LogP contribution in [-0.2, 0) is 0 Å². The van der Waals surface area contributed by atoms with Crippen LogP contribution < -0.4 is 0 Å². The van der Waals surface area contributed by atoms with Gasteiger partial charge in [0.05, 0.1) is 0 Å². The number of halogens is 3. The van der Waals surface area contributed by atoms with E-state index >= 15 is 0 Å². The van der Waals surface area contributed by atoms with Crippen LogP contribution in [0, 0.1) is 0 Å². The maximum Gasteiger partial charge on any atom is 0.198 e. The van der Waals surface area contributed by atoms with Crippen molar-refractivity contribution in [1.82, 2.24) is 0 Å². The Morgan fingerprint density at radius 3 is 2.33 bits per heavy atom. The first-order chi connectivity index (χ1) is 7.08. The molecule has 0 radical (unpaired) electrons. The first-order valence-electron chi connectivity index (χ1n) is 4.61. The van der Waals surface area contributed by atoms with Gasteiger partial charge in [0.15, 0.2) is 10.1 Å². The molecule has 82 valence electrons. The van der Waals surface area contributed by atoms with Crippen LogP contribution in [0.3, 0.4) is 0 Å². The van der Waals surface area contributed by atoms with E-state index in [1.165, 1.54) is 0 Å². The van der Waals surface area contributed by atoms with Crippen molar-refractivity contribution in [3.05, 3.63) is 35.9 Å². The van der Waals surface area contributed by atoms with E-state index in [0.29, 0.717) is 24.3 Å². The Morgan fingerprint density at radius 2 is 1.80 bits per heavy atom. The average Bonchev–Trinajstić information content (AvgIpc) is 2.26. The molecule has 0 atom stereocenters. The minimum absolute atomic E-state index is 0.267. The number of Topliss-reactive ketones (excluding diaryl/α,β-unsaturated/α-hetero) is 1. The first kappa shape index (κ1) is 12.8. The predicted molar refractivity (Wildman–Crippen MR) is 65.2 cm³/mol. The summed E-state index contributed by atoms with van der Waals surface area (Å²) in [7, 11) is 0. The zero-order valence-corrected chi connectivity index (χ0v) is 10.3.